The molecule has 0 aromatic heterocycles. The summed E-state index contributed by atoms with van der Waals surface area (Å²) in [7, 11) is 1.52. The summed E-state index contributed by atoms with van der Waals surface area (Å²) >= 11 is 8.33. The van der Waals surface area contributed by atoms with E-state index in [1.165, 1.54) is 19.2 Å². The summed E-state index contributed by atoms with van der Waals surface area (Å²) in [4.78, 5) is 22.6. The van der Waals surface area contributed by atoms with Gasteiger partial charge in [0.1, 0.15) is 11.4 Å². The highest BCUT2D eigenvalue weighted by atomic mass is 79.9. The van der Waals surface area contributed by atoms with Crippen molar-refractivity contribution in [1.82, 2.24) is 5.32 Å². The molecule has 2 N–H and O–H groups in total. The normalized spacial score (nSPS) is 9.92. The van der Waals surface area contributed by atoms with Gasteiger partial charge >= 0.3 is 0 Å². The van der Waals surface area contributed by atoms with Gasteiger partial charge < -0.3 is 10.1 Å². The molecular formula is C15H12BrN3O4S. The molecule has 24 heavy (non-hydrogen) atoms. The zero-order chi connectivity index (χ0) is 17.7. The van der Waals surface area contributed by atoms with Crippen LogP contribution in [0.4, 0.5) is 11.4 Å². The molecule has 0 aliphatic carbocycles. The summed E-state index contributed by atoms with van der Waals surface area (Å²) in [6.07, 6.45) is 0. The highest BCUT2D eigenvalue weighted by molar-refractivity contribution is 9.10. The third kappa shape index (κ3) is 4.27. The number of nitro groups is 1. The van der Waals surface area contributed by atoms with Crippen molar-refractivity contribution in [3.05, 3.63) is 62.6 Å². The molecule has 0 heterocycles. The molecule has 0 radical (unpaired) electrons. The molecule has 2 rings (SSSR count). The van der Waals surface area contributed by atoms with Gasteiger partial charge in [-0.15, -0.1) is 0 Å². The minimum atomic E-state index is -0.534. The number of thiocarbonyl (C=S) groups is 1. The van der Waals surface area contributed by atoms with E-state index in [1.54, 1.807) is 30.3 Å². The number of methoxy groups -OCH3 is 1. The Labute approximate surface area is 151 Å². The zero-order valence-corrected chi connectivity index (χ0v) is 14.8. The SMILES string of the molecule is COc1ccc(C(=O)NC(=S)Nc2ccccc2[N+](=O)[O-])cc1Br. The number of amides is 1. The Bertz CT molecular complexity index is 813. The Hall–Kier alpha value is -2.52. The van der Waals surface area contributed by atoms with E-state index in [9.17, 15) is 14.9 Å². The van der Waals surface area contributed by atoms with Crippen LogP contribution in [0, 0.1) is 10.1 Å². The first-order chi connectivity index (χ1) is 11.4. The number of nitro benzene ring substituents is 1. The fraction of sp³-hybridized carbons (Fsp3) is 0.0667. The molecule has 0 saturated heterocycles. The van der Waals surface area contributed by atoms with Crippen molar-refractivity contribution in [1.29, 1.82) is 0 Å². The molecule has 0 fully saturated rings. The molecule has 0 unspecified atom stereocenters. The van der Waals surface area contributed by atoms with E-state index in [4.69, 9.17) is 17.0 Å². The quantitative estimate of drug-likeness (QED) is 0.455. The van der Waals surface area contributed by atoms with Gasteiger partial charge in [-0.05, 0) is 52.4 Å². The Morgan fingerprint density at radius 3 is 2.62 bits per heavy atom. The maximum atomic E-state index is 12.2. The lowest BCUT2D eigenvalue weighted by atomic mass is 10.2. The van der Waals surface area contributed by atoms with E-state index in [-0.39, 0.29) is 16.5 Å². The second-order valence-electron chi connectivity index (χ2n) is 4.53. The first-order valence-corrected chi connectivity index (χ1v) is 7.81. The minimum Gasteiger partial charge on any atom is -0.496 e. The Morgan fingerprint density at radius 2 is 2.00 bits per heavy atom. The minimum absolute atomic E-state index is 0.0405. The average Bonchev–Trinajstić information content (AvgIpc) is 2.54. The van der Waals surface area contributed by atoms with Gasteiger partial charge in [-0.3, -0.25) is 20.2 Å². The number of carbonyl (C=O) groups excluding carboxylic acids is 1. The topological polar surface area (TPSA) is 93.5 Å². The number of rotatable bonds is 4. The van der Waals surface area contributed by atoms with Gasteiger partial charge in [0.15, 0.2) is 5.11 Å². The smallest absolute Gasteiger partial charge is 0.292 e. The fourth-order valence-electron chi connectivity index (χ4n) is 1.88. The van der Waals surface area contributed by atoms with Gasteiger partial charge in [-0.25, -0.2) is 0 Å². The van der Waals surface area contributed by atoms with Gasteiger partial charge in [-0.2, -0.15) is 0 Å². The Morgan fingerprint density at radius 1 is 1.29 bits per heavy atom. The van der Waals surface area contributed by atoms with E-state index < -0.39 is 10.8 Å². The molecule has 9 heteroatoms. The number of ether oxygens (including phenoxy) is 1. The van der Waals surface area contributed by atoms with Crippen molar-refractivity contribution in [3.63, 3.8) is 0 Å². The van der Waals surface area contributed by atoms with E-state index >= 15 is 0 Å². The third-order valence-electron chi connectivity index (χ3n) is 2.99. The van der Waals surface area contributed by atoms with E-state index in [1.807, 2.05) is 0 Å². The van der Waals surface area contributed by atoms with Crippen LogP contribution in [-0.4, -0.2) is 23.1 Å². The van der Waals surface area contributed by atoms with Gasteiger partial charge in [0.2, 0.25) is 0 Å². The van der Waals surface area contributed by atoms with Gasteiger partial charge in [0, 0.05) is 11.6 Å². The highest BCUT2D eigenvalue weighted by Crippen LogP contribution is 2.26. The maximum absolute atomic E-state index is 12.2. The number of carbonyl (C=O) groups is 1. The van der Waals surface area contributed by atoms with Crippen LogP contribution in [0.15, 0.2) is 46.9 Å². The predicted octanol–water partition coefficient (Wildman–Crippen LogP) is 3.49. The number of nitrogens with one attached hydrogen (secondary N) is 2. The zero-order valence-electron chi connectivity index (χ0n) is 12.4. The molecule has 124 valence electrons. The highest BCUT2D eigenvalue weighted by Gasteiger charge is 2.15. The van der Waals surface area contributed by atoms with Crippen molar-refractivity contribution >= 4 is 50.5 Å². The molecule has 1 amide bonds. The van der Waals surface area contributed by atoms with Crippen molar-refractivity contribution in [2.75, 3.05) is 12.4 Å². The molecule has 0 aliphatic heterocycles. The average molecular weight is 410 g/mol. The monoisotopic (exact) mass is 409 g/mol. The number of benzene rings is 2. The van der Waals surface area contributed by atoms with Crippen molar-refractivity contribution in [2.24, 2.45) is 0 Å². The van der Waals surface area contributed by atoms with E-state index in [2.05, 4.69) is 26.6 Å². The lowest BCUT2D eigenvalue weighted by Crippen LogP contribution is -2.34. The summed E-state index contributed by atoms with van der Waals surface area (Å²) in [5.74, 6) is 0.140. The molecule has 0 atom stereocenters. The number of halogens is 1. The fourth-order valence-corrected chi connectivity index (χ4v) is 2.62. The van der Waals surface area contributed by atoms with Crippen LogP contribution in [-0.2, 0) is 0 Å². The molecular weight excluding hydrogens is 398 g/mol. The standard InChI is InChI=1S/C15H12BrN3O4S/c1-23-13-7-6-9(8-10(13)16)14(20)18-15(24)17-11-4-2-3-5-12(11)19(21)22/h2-8H,1H3,(H2,17,18,20,24). The number of nitrogens with zero attached hydrogens (tertiary/aromatic N) is 1. The number of anilines is 1. The van der Waals surface area contributed by atoms with E-state index in [0.717, 1.165) is 0 Å². The molecule has 0 saturated carbocycles. The van der Waals surface area contributed by atoms with Crippen LogP contribution < -0.4 is 15.4 Å². The lowest BCUT2D eigenvalue weighted by Gasteiger charge is -2.10. The Kier molecular flexibility index (Phi) is 5.83. The molecule has 0 aliphatic rings. The van der Waals surface area contributed by atoms with Gasteiger partial charge in [0.05, 0.1) is 16.5 Å². The lowest BCUT2D eigenvalue weighted by molar-refractivity contribution is -0.383. The summed E-state index contributed by atoms with van der Waals surface area (Å²) < 4.78 is 5.72. The maximum Gasteiger partial charge on any atom is 0.292 e. The number of hydrogen-bond acceptors (Lipinski definition) is 5. The van der Waals surface area contributed by atoms with Crippen molar-refractivity contribution in [3.8, 4) is 5.75 Å². The first kappa shape index (κ1) is 17.8. The second kappa shape index (κ2) is 7.84. The van der Waals surface area contributed by atoms with Gasteiger partial charge in [0.25, 0.3) is 11.6 Å². The summed E-state index contributed by atoms with van der Waals surface area (Å²) in [6, 6.07) is 10.8. The molecule has 2 aromatic rings. The molecule has 7 nitrogen and oxygen atoms in total. The largest absolute Gasteiger partial charge is 0.496 e. The van der Waals surface area contributed by atoms with Crippen LogP contribution in [0.2, 0.25) is 0 Å². The summed E-state index contributed by atoms with van der Waals surface area (Å²) in [5, 5.41) is 16.0. The molecule has 2 aromatic carbocycles. The van der Waals surface area contributed by atoms with E-state index in [0.29, 0.717) is 15.8 Å². The number of hydrogen-bond donors (Lipinski definition) is 2. The predicted molar refractivity (Wildman–Crippen MR) is 97.5 cm³/mol. The number of para-hydroxylation sites is 2. The molecule has 0 spiro atoms. The first-order valence-electron chi connectivity index (χ1n) is 6.61. The molecule has 0 bridgehead atoms. The summed E-state index contributed by atoms with van der Waals surface area (Å²) in [6.45, 7) is 0. The summed E-state index contributed by atoms with van der Waals surface area (Å²) in [5.41, 5.74) is 0.416. The van der Waals surface area contributed by atoms with Crippen molar-refractivity contribution < 1.29 is 14.5 Å². The van der Waals surface area contributed by atoms with Gasteiger partial charge in [-0.1, -0.05) is 12.1 Å². The van der Waals surface area contributed by atoms with Crippen LogP contribution in [0.1, 0.15) is 10.4 Å². The third-order valence-corrected chi connectivity index (χ3v) is 3.81. The second-order valence-corrected chi connectivity index (χ2v) is 5.79. The van der Waals surface area contributed by atoms with Crippen LogP contribution >= 0.6 is 28.1 Å². The van der Waals surface area contributed by atoms with Crippen LogP contribution in [0.5, 0.6) is 5.75 Å². The van der Waals surface area contributed by atoms with Crippen molar-refractivity contribution in [2.45, 2.75) is 0 Å². The Balaban J connectivity index is 2.09. The van der Waals surface area contributed by atoms with Crippen LogP contribution in [0.25, 0.3) is 0 Å². The van der Waals surface area contributed by atoms with Crippen LogP contribution in [0.3, 0.4) is 0 Å².